The Labute approximate surface area is 216 Å². The minimum atomic E-state index is -0.935. The van der Waals surface area contributed by atoms with Crippen molar-refractivity contribution in [2.45, 2.75) is 24.9 Å². The zero-order valence-corrected chi connectivity index (χ0v) is 21.3. The van der Waals surface area contributed by atoms with Gasteiger partial charge in [0.15, 0.2) is 0 Å². The molecule has 2 heterocycles. The number of urea groups is 1. The van der Waals surface area contributed by atoms with Crippen LogP contribution < -0.4 is 15.4 Å². The van der Waals surface area contributed by atoms with Crippen LogP contribution in [0.2, 0.25) is 5.02 Å². The summed E-state index contributed by atoms with van der Waals surface area (Å²) in [4.78, 5) is 44.8. The van der Waals surface area contributed by atoms with Crippen LogP contribution in [0.1, 0.15) is 24.4 Å². The number of rotatable bonds is 6. The zero-order chi connectivity index (χ0) is 25.7. The van der Waals surface area contributed by atoms with E-state index in [0.29, 0.717) is 61.0 Å². The fourth-order valence-corrected chi connectivity index (χ4v) is 4.91. The van der Waals surface area contributed by atoms with E-state index in [2.05, 4.69) is 10.6 Å². The smallest absolute Gasteiger partial charge is 0.320 e. The number of benzene rings is 2. The van der Waals surface area contributed by atoms with E-state index in [0.717, 1.165) is 6.54 Å². The van der Waals surface area contributed by atoms with Crippen molar-refractivity contribution < 1.29 is 19.1 Å². The molecule has 1 atom stereocenters. The SMILES string of the molecule is COc1ccccc1C(NC(=O)Nc1ccc(Cl)cc1)C(=O)N1CCC(N2CCN(C)CC2=O)CC1. The second kappa shape index (κ2) is 11.6. The van der Waals surface area contributed by atoms with Gasteiger partial charge >= 0.3 is 6.03 Å². The summed E-state index contributed by atoms with van der Waals surface area (Å²) in [6.07, 6.45) is 1.41. The summed E-state index contributed by atoms with van der Waals surface area (Å²) in [5, 5.41) is 6.15. The summed E-state index contributed by atoms with van der Waals surface area (Å²) in [6, 6.07) is 12.6. The van der Waals surface area contributed by atoms with E-state index in [1.807, 2.05) is 29.0 Å². The number of ether oxygens (including phenoxy) is 1. The number of carbonyl (C=O) groups is 3. The van der Waals surface area contributed by atoms with E-state index < -0.39 is 12.1 Å². The van der Waals surface area contributed by atoms with Gasteiger partial charge in [-0.15, -0.1) is 0 Å². The van der Waals surface area contributed by atoms with E-state index in [1.165, 1.54) is 7.11 Å². The Hall–Kier alpha value is -3.30. The third-order valence-electron chi connectivity index (χ3n) is 6.74. The lowest BCUT2D eigenvalue weighted by Crippen LogP contribution is -2.56. The van der Waals surface area contributed by atoms with E-state index in [1.54, 1.807) is 41.3 Å². The molecule has 2 aliphatic rings. The van der Waals surface area contributed by atoms with Crippen LogP contribution in [0, 0.1) is 0 Å². The highest BCUT2D eigenvalue weighted by molar-refractivity contribution is 6.30. The number of anilines is 1. The summed E-state index contributed by atoms with van der Waals surface area (Å²) in [5.74, 6) is 0.440. The van der Waals surface area contributed by atoms with Gasteiger partial charge in [0.25, 0.3) is 0 Å². The summed E-state index contributed by atoms with van der Waals surface area (Å²) in [7, 11) is 3.48. The average Bonchev–Trinajstić information content (AvgIpc) is 2.88. The molecule has 192 valence electrons. The molecule has 0 spiro atoms. The second-order valence-electron chi connectivity index (χ2n) is 9.16. The minimum Gasteiger partial charge on any atom is -0.496 e. The van der Waals surface area contributed by atoms with Gasteiger partial charge in [0.05, 0.1) is 13.7 Å². The van der Waals surface area contributed by atoms with Crippen LogP contribution in [0.3, 0.4) is 0 Å². The van der Waals surface area contributed by atoms with Gasteiger partial charge in [-0.25, -0.2) is 4.79 Å². The van der Waals surface area contributed by atoms with Crippen molar-refractivity contribution in [1.29, 1.82) is 0 Å². The highest BCUT2D eigenvalue weighted by atomic mass is 35.5. The average molecular weight is 514 g/mol. The van der Waals surface area contributed by atoms with Crippen molar-refractivity contribution in [2.75, 3.05) is 52.2 Å². The molecule has 2 aliphatic heterocycles. The van der Waals surface area contributed by atoms with Gasteiger partial charge in [-0.2, -0.15) is 0 Å². The van der Waals surface area contributed by atoms with Gasteiger partial charge in [0.2, 0.25) is 11.8 Å². The number of methoxy groups -OCH3 is 1. The van der Waals surface area contributed by atoms with Crippen molar-refractivity contribution in [3.8, 4) is 5.75 Å². The maximum atomic E-state index is 13.7. The third kappa shape index (κ3) is 6.09. The van der Waals surface area contributed by atoms with Crippen LogP contribution in [0.4, 0.5) is 10.5 Å². The molecular formula is C26H32ClN5O4. The number of nitrogens with zero attached hydrogens (tertiary/aromatic N) is 3. The fraction of sp³-hybridized carbons (Fsp3) is 0.423. The van der Waals surface area contributed by atoms with Crippen molar-refractivity contribution in [3.63, 3.8) is 0 Å². The van der Waals surface area contributed by atoms with Crippen LogP contribution in [0.5, 0.6) is 5.75 Å². The monoisotopic (exact) mass is 513 g/mol. The van der Waals surface area contributed by atoms with E-state index in [9.17, 15) is 14.4 Å². The molecule has 2 saturated heterocycles. The number of carbonyl (C=O) groups excluding carboxylic acids is 3. The number of piperidine rings is 1. The van der Waals surface area contributed by atoms with Crippen LogP contribution in [0.25, 0.3) is 0 Å². The first-order valence-corrected chi connectivity index (χ1v) is 12.5. The van der Waals surface area contributed by atoms with Gasteiger partial charge in [-0.1, -0.05) is 29.8 Å². The van der Waals surface area contributed by atoms with Crippen molar-refractivity contribution in [2.24, 2.45) is 0 Å². The number of amides is 4. The van der Waals surface area contributed by atoms with Gasteiger partial charge < -0.3 is 25.2 Å². The van der Waals surface area contributed by atoms with E-state index >= 15 is 0 Å². The highest BCUT2D eigenvalue weighted by Crippen LogP contribution is 2.28. The molecule has 0 aromatic heterocycles. The predicted octanol–water partition coefficient (Wildman–Crippen LogP) is 2.98. The first-order valence-electron chi connectivity index (χ1n) is 12.1. The van der Waals surface area contributed by atoms with Crippen molar-refractivity contribution in [1.82, 2.24) is 20.0 Å². The molecule has 36 heavy (non-hydrogen) atoms. The topological polar surface area (TPSA) is 94.2 Å². The molecule has 0 bridgehead atoms. The number of hydrogen-bond donors (Lipinski definition) is 2. The normalized spacial score (nSPS) is 18.0. The molecule has 9 nitrogen and oxygen atoms in total. The first kappa shape index (κ1) is 25.8. The lowest BCUT2D eigenvalue weighted by atomic mass is 9.99. The molecule has 0 saturated carbocycles. The number of halogens is 1. The fourth-order valence-electron chi connectivity index (χ4n) is 4.78. The molecule has 4 amide bonds. The minimum absolute atomic E-state index is 0.126. The molecule has 2 N–H and O–H groups in total. The molecule has 2 fully saturated rings. The predicted molar refractivity (Wildman–Crippen MR) is 138 cm³/mol. The van der Waals surface area contributed by atoms with E-state index in [4.69, 9.17) is 16.3 Å². The Bertz CT molecular complexity index is 1090. The summed E-state index contributed by atoms with van der Waals surface area (Å²) in [5.41, 5.74) is 1.13. The van der Waals surface area contributed by atoms with Crippen molar-refractivity contribution in [3.05, 3.63) is 59.1 Å². The van der Waals surface area contributed by atoms with Gasteiger partial charge in [-0.3, -0.25) is 14.5 Å². The Balaban J connectivity index is 1.46. The maximum Gasteiger partial charge on any atom is 0.320 e. The van der Waals surface area contributed by atoms with Crippen LogP contribution in [-0.2, 0) is 9.59 Å². The van der Waals surface area contributed by atoms with E-state index in [-0.39, 0.29) is 17.9 Å². The summed E-state index contributed by atoms with van der Waals surface area (Å²) in [6.45, 7) is 3.02. The molecule has 0 aliphatic carbocycles. The molecule has 4 rings (SSSR count). The molecular weight excluding hydrogens is 482 g/mol. The van der Waals surface area contributed by atoms with Crippen molar-refractivity contribution >= 4 is 35.1 Å². The highest BCUT2D eigenvalue weighted by Gasteiger charge is 2.35. The molecule has 2 aromatic carbocycles. The quantitative estimate of drug-likeness (QED) is 0.619. The lowest BCUT2D eigenvalue weighted by Gasteiger charge is -2.42. The number of likely N-dealkylation sites (N-methyl/N-ethyl adjacent to an activating group) is 1. The number of piperazine rings is 1. The Morgan fingerprint density at radius 3 is 2.39 bits per heavy atom. The van der Waals surface area contributed by atoms with Crippen LogP contribution in [0.15, 0.2) is 48.5 Å². The molecule has 0 radical (unpaired) electrons. The molecule has 10 heteroatoms. The van der Waals surface area contributed by atoms with Gasteiger partial charge in [0.1, 0.15) is 11.8 Å². The largest absolute Gasteiger partial charge is 0.496 e. The van der Waals surface area contributed by atoms with Gasteiger partial charge in [-0.05, 0) is 50.2 Å². The standard InChI is InChI=1S/C26H32ClN5O4/c1-30-15-16-32(23(33)17-30)20-11-13-31(14-12-20)25(34)24(21-5-3-4-6-22(21)36-2)29-26(35)28-19-9-7-18(27)8-10-19/h3-10,20,24H,11-17H2,1-2H3,(H2,28,29,35). The van der Waals surface area contributed by atoms with Gasteiger partial charge in [0, 0.05) is 48.5 Å². The second-order valence-corrected chi connectivity index (χ2v) is 9.60. The molecule has 2 aromatic rings. The molecule has 1 unspecified atom stereocenters. The Morgan fingerprint density at radius 1 is 1.03 bits per heavy atom. The Morgan fingerprint density at radius 2 is 1.72 bits per heavy atom. The maximum absolute atomic E-state index is 13.7. The Kier molecular flexibility index (Phi) is 8.32. The van der Waals surface area contributed by atoms with Crippen LogP contribution in [-0.4, -0.2) is 85.5 Å². The number of likely N-dealkylation sites (tertiary alicyclic amines) is 1. The summed E-state index contributed by atoms with van der Waals surface area (Å²) >= 11 is 5.93. The summed E-state index contributed by atoms with van der Waals surface area (Å²) < 4.78 is 5.49. The van der Waals surface area contributed by atoms with Crippen LogP contribution >= 0.6 is 11.6 Å². The first-order chi connectivity index (χ1) is 17.4. The number of para-hydroxylation sites is 1. The number of hydrogen-bond acceptors (Lipinski definition) is 5. The lowest BCUT2D eigenvalue weighted by molar-refractivity contribution is -0.141. The zero-order valence-electron chi connectivity index (χ0n) is 20.6. The number of nitrogens with one attached hydrogen (secondary N) is 2. The third-order valence-corrected chi connectivity index (χ3v) is 6.99.